The van der Waals surface area contributed by atoms with Gasteiger partial charge in [0, 0.05) is 20.1 Å². The minimum Gasteiger partial charge on any atom is -0.391 e. The predicted molar refractivity (Wildman–Crippen MR) is 67.6 cm³/mol. The number of amides is 1. The van der Waals surface area contributed by atoms with Crippen LogP contribution >= 0.6 is 0 Å². The van der Waals surface area contributed by atoms with E-state index in [0.29, 0.717) is 26.0 Å². The van der Waals surface area contributed by atoms with Gasteiger partial charge in [-0.3, -0.25) is 4.79 Å². The molecule has 4 N–H and O–H groups in total. The van der Waals surface area contributed by atoms with Crippen LogP contribution in [-0.2, 0) is 9.53 Å². The highest BCUT2D eigenvalue weighted by Gasteiger charge is 2.04. The van der Waals surface area contributed by atoms with Gasteiger partial charge in [0.2, 0.25) is 5.91 Å². The van der Waals surface area contributed by atoms with Crippen molar-refractivity contribution < 1.29 is 14.6 Å². The van der Waals surface area contributed by atoms with Gasteiger partial charge in [-0.1, -0.05) is 12.8 Å². The summed E-state index contributed by atoms with van der Waals surface area (Å²) in [5.74, 6) is 0.0577. The van der Waals surface area contributed by atoms with Gasteiger partial charge >= 0.3 is 0 Å². The molecule has 1 amide bonds. The Bertz CT molecular complexity index is 189. The highest BCUT2D eigenvalue weighted by atomic mass is 16.5. The molecular weight excluding hydrogens is 220 g/mol. The molecule has 0 aromatic heterocycles. The lowest BCUT2D eigenvalue weighted by atomic mass is 10.1. The predicted octanol–water partition coefficient (Wildman–Crippen LogP) is 0.409. The first kappa shape index (κ1) is 16.4. The number of nitrogens with one attached hydrogen (secondary N) is 1. The molecule has 5 heteroatoms. The highest BCUT2D eigenvalue weighted by molar-refractivity contribution is 5.75. The zero-order valence-electron chi connectivity index (χ0n) is 10.8. The van der Waals surface area contributed by atoms with Gasteiger partial charge in [-0.05, 0) is 25.8 Å². The Labute approximate surface area is 104 Å². The fourth-order valence-electron chi connectivity index (χ4n) is 1.53. The molecule has 0 aliphatic rings. The Kier molecular flexibility index (Phi) is 11.4. The molecule has 0 rings (SSSR count). The van der Waals surface area contributed by atoms with Crippen LogP contribution in [0.25, 0.3) is 0 Å². The third-order valence-corrected chi connectivity index (χ3v) is 2.52. The zero-order valence-corrected chi connectivity index (χ0v) is 10.8. The van der Waals surface area contributed by atoms with Crippen LogP contribution in [0.4, 0.5) is 0 Å². The molecular formula is C12H26N2O3. The number of hydrogen-bond donors (Lipinski definition) is 3. The quantitative estimate of drug-likeness (QED) is 0.461. The van der Waals surface area contributed by atoms with Crippen molar-refractivity contribution in [2.45, 2.75) is 44.6 Å². The molecule has 0 fully saturated rings. The molecule has 0 saturated carbocycles. The van der Waals surface area contributed by atoms with E-state index in [1.807, 2.05) is 0 Å². The van der Waals surface area contributed by atoms with Crippen molar-refractivity contribution in [1.29, 1.82) is 0 Å². The minimum atomic E-state index is -0.496. The SMILES string of the molecule is COCC(O)CCNC(=O)CCCCCCN. The van der Waals surface area contributed by atoms with E-state index >= 15 is 0 Å². The largest absolute Gasteiger partial charge is 0.391 e. The summed E-state index contributed by atoms with van der Waals surface area (Å²) in [5.41, 5.74) is 5.38. The van der Waals surface area contributed by atoms with Gasteiger partial charge in [-0.25, -0.2) is 0 Å². The number of ether oxygens (including phenoxy) is 1. The number of carbonyl (C=O) groups excluding carboxylic acids is 1. The molecule has 0 saturated heterocycles. The molecule has 0 radical (unpaired) electrons. The van der Waals surface area contributed by atoms with Crippen molar-refractivity contribution in [2.75, 3.05) is 26.8 Å². The maximum absolute atomic E-state index is 11.4. The standard InChI is InChI=1S/C12H26N2O3/c1-17-10-11(15)7-9-14-12(16)6-4-2-3-5-8-13/h11,15H,2-10,13H2,1H3,(H,14,16). The van der Waals surface area contributed by atoms with Crippen LogP contribution in [0.2, 0.25) is 0 Å². The van der Waals surface area contributed by atoms with Crippen molar-refractivity contribution in [3.05, 3.63) is 0 Å². The van der Waals surface area contributed by atoms with Crippen molar-refractivity contribution in [1.82, 2.24) is 5.32 Å². The fourth-order valence-corrected chi connectivity index (χ4v) is 1.53. The fraction of sp³-hybridized carbons (Fsp3) is 0.917. The van der Waals surface area contributed by atoms with E-state index < -0.39 is 6.10 Å². The summed E-state index contributed by atoms with van der Waals surface area (Å²) >= 11 is 0. The molecule has 0 aromatic carbocycles. The summed E-state index contributed by atoms with van der Waals surface area (Å²) in [6.45, 7) is 1.55. The van der Waals surface area contributed by atoms with Gasteiger partial charge in [0.25, 0.3) is 0 Å². The van der Waals surface area contributed by atoms with E-state index in [9.17, 15) is 9.90 Å². The van der Waals surface area contributed by atoms with E-state index in [4.69, 9.17) is 10.5 Å². The summed E-state index contributed by atoms with van der Waals surface area (Å²) in [6.07, 6.45) is 4.69. The maximum Gasteiger partial charge on any atom is 0.219 e. The van der Waals surface area contributed by atoms with Crippen LogP contribution < -0.4 is 11.1 Å². The first-order chi connectivity index (χ1) is 8.20. The van der Waals surface area contributed by atoms with E-state index in [0.717, 1.165) is 32.2 Å². The normalized spacial score (nSPS) is 12.4. The average molecular weight is 246 g/mol. The Morgan fingerprint density at radius 3 is 2.71 bits per heavy atom. The second kappa shape index (κ2) is 11.8. The molecule has 0 heterocycles. The molecule has 1 atom stereocenters. The summed E-state index contributed by atoms with van der Waals surface area (Å²) in [6, 6.07) is 0. The van der Waals surface area contributed by atoms with Crippen LogP contribution in [0.15, 0.2) is 0 Å². The molecule has 0 bridgehead atoms. The first-order valence-electron chi connectivity index (χ1n) is 6.34. The number of aliphatic hydroxyl groups excluding tert-OH is 1. The van der Waals surface area contributed by atoms with Crippen LogP contribution in [0.3, 0.4) is 0 Å². The molecule has 17 heavy (non-hydrogen) atoms. The number of rotatable bonds is 11. The number of methoxy groups -OCH3 is 1. The second-order valence-corrected chi connectivity index (χ2v) is 4.20. The number of nitrogens with two attached hydrogens (primary N) is 1. The van der Waals surface area contributed by atoms with Crippen LogP contribution in [0.1, 0.15) is 38.5 Å². The molecule has 5 nitrogen and oxygen atoms in total. The molecule has 0 aliphatic heterocycles. The Balaban J connectivity index is 3.28. The zero-order chi connectivity index (χ0) is 12.9. The van der Waals surface area contributed by atoms with Gasteiger partial charge < -0.3 is 20.9 Å². The van der Waals surface area contributed by atoms with Crippen LogP contribution in [0, 0.1) is 0 Å². The second-order valence-electron chi connectivity index (χ2n) is 4.20. The smallest absolute Gasteiger partial charge is 0.219 e. The lowest BCUT2D eigenvalue weighted by molar-refractivity contribution is -0.121. The monoisotopic (exact) mass is 246 g/mol. The molecule has 0 aromatic rings. The Morgan fingerprint density at radius 1 is 1.35 bits per heavy atom. The van der Waals surface area contributed by atoms with E-state index in [1.54, 1.807) is 7.11 Å². The minimum absolute atomic E-state index is 0.0577. The average Bonchev–Trinajstić information content (AvgIpc) is 2.29. The molecule has 102 valence electrons. The van der Waals surface area contributed by atoms with Gasteiger partial charge in [0.1, 0.15) is 0 Å². The summed E-state index contributed by atoms with van der Waals surface area (Å²) in [4.78, 5) is 11.4. The van der Waals surface area contributed by atoms with Crippen molar-refractivity contribution in [3.8, 4) is 0 Å². The summed E-state index contributed by atoms with van der Waals surface area (Å²) in [7, 11) is 1.54. The lowest BCUT2D eigenvalue weighted by Gasteiger charge is -2.10. The highest BCUT2D eigenvalue weighted by Crippen LogP contribution is 2.02. The van der Waals surface area contributed by atoms with E-state index in [1.165, 1.54) is 0 Å². The molecule has 0 spiro atoms. The van der Waals surface area contributed by atoms with E-state index in [-0.39, 0.29) is 5.91 Å². The van der Waals surface area contributed by atoms with Crippen molar-refractivity contribution in [3.63, 3.8) is 0 Å². The number of carbonyl (C=O) groups is 1. The number of hydrogen-bond acceptors (Lipinski definition) is 4. The van der Waals surface area contributed by atoms with Gasteiger partial charge in [-0.2, -0.15) is 0 Å². The number of unbranched alkanes of at least 4 members (excludes halogenated alkanes) is 3. The lowest BCUT2D eigenvalue weighted by Crippen LogP contribution is -2.28. The first-order valence-corrected chi connectivity index (χ1v) is 6.34. The maximum atomic E-state index is 11.4. The third kappa shape index (κ3) is 11.6. The summed E-state index contributed by atoms with van der Waals surface area (Å²) in [5, 5.41) is 12.1. The third-order valence-electron chi connectivity index (χ3n) is 2.52. The summed E-state index contributed by atoms with van der Waals surface area (Å²) < 4.78 is 4.79. The molecule has 0 aliphatic carbocycles. The van der Waals surface area contributed by atoms with Crippen LogP contribution in [-0.4, -0.2) is 43.9 Å². The van der Waals surface area contributed by atoms with Crippen molar-refractivity contribution in [2.24, 2.45) is 5.73 Å². The number of aliphatic hydroxyl groups is 1. The van der Waals surface area contributed by atoms with E-state index in [2.05, 4.69) is 5.32 Å². The van der Waals surface area contributed by atoms with Gasteiger partial charge in [-0.15, -0.1) is 0 Å². The molecule has 1 unspecified atom stereocenters. The topological polar surface area (TPSA) is 84.6 Å². The van der Waals surface area contributed by atoms with Crippen LogP contribution in [0.5, 0.6) is 0 Å². The Morgan fingerprint density at radius 2 is 2.06 bits per heavy atom. The Hall–Kier alpha value is -0.650. The van der Waals surface area contributed by atoms with Gasteiger partial charge in [0.15, 0.2) is 0 Å². The van der Waals surface area contributed by atoms with Crippen molar-refractivity contribution >= 4 is 5.91 Å². The van der Waals surface area contributed by atoms with Gasteiger partial charge in [0.05, 0.1) is 12.7 Å².